The van der Waals surface area contributed by atoms with Crippen LogP contribution in [0, 0.1) is 5.82 Å². The molecule has 1 saturated heterocycles. The summed E-state index contributed by atoms with van der Waals surface area (Å²) in [6, 6.07) is 15.3. The predicted octanol–water partition coefficient (Wildman–Crippen LogP) is 4.71. The highest BCUT2D eigenvalue weighted by molar-refractivity contribution is 6.20. The Bertz CT molecular complexity index is 1070. The van der Waals surface area contributed by atoms with E-state index in [1.165, 1.54) is 12.1 Å². The van der Waals surface area contributed by atoms with Gasteiger partial charge in [0, 0.05) is 22.9 Å². The summed E-state index contributed by atoms with van der Waals surface area (Å²) < 4.78 is 30.0. The minimum atomic E-state index is -0.522. The molecule has 0 bridgehead atoms. The minimum Gasteiger partial charge on any atom is -0.465 e. The molecule has 1 aromatic heterocycles. The molecule has 1 aliphatic rings. The summed E-state index contributed by atoms with van der Waals surface area (Å²) in [7, 11) is 0. The maximum Gasteiger partial charge on any atom is 0.346 e. The van der Waals surface area contributed by atoms with Crippen molar-refractivity contribution in [3.05, 3.63) is 71.9 Å². The van der Waals surface area contributed by atoms with Gasteiger partial charge in [0.2, 0.25) is 0 Å². The van der Waals surface area contributed by atoms with E-state index in [1.807, 2.05) is 24.3 Å². The monoisotopic (exact) mass is 393 g/mol. The van der Waals surface area contributed by atoms with Crippen LogP contribution < -0.4 is 0 Å². The molecule has 2 heterocycles. The lowest BCUT2D eigenvalue weighted by Crippen LogP contribution is -2.17. The Morgan fingerprint density at radius 1 is 1.10 bits per heavy atom. The molecular formula is C23H20FNO4. The van der Waals surface area contributed by atoms with Gasteiger partial charge < -0.3 is 14.2 Å². The highest BCUT2D eigenvalue weighted by Gasteiger charge is 2.26. The first kappa shape index (κ1) is 18.9. The number of para-hydroxylation sites is 1. The Balaban J connectivity index is 1.96. The SMILES string of the molecule is CCOC(=O)C(=C1OCCCO1)c1cc(-c2ccc(F)cc2)nc2ccccc12. The van der Waals surface area contributed by atoms with Gasteiger partial charge in [-0.2, -0.15) is 0 Å². The fraction of sp³-hybridized carbons (Fsp3) is 0.217. The van der Waals surface area contributed by atoms with Crippen molar-refractivity contribution in [2.24, 2.45) is 0 Å². The van der Waals surface area contributed by atoms with Crippen LogP contribution in [0.25, 0.3) is 27.7 Å². The first-order valence-corrected chi connectivity index (χ1v) is 9.50. The first-order valence-electron chi connectivity index (χ1n) is 9.50. The van der Waals surface area contributed by atoms with Crippen molar-refractivity contribution in [3.8, 4) is 11.3 Å². The first-order chi connectivity index (χ1) is 14.2. The molecule has 148 valence electrons. The number of rotatable bonds is 4. The van der Waals surface area contributed by atoms with Gasteiger partial charge in [-0.25, -0.2) is 14.2 Å². The minimum absolute atomic E-state index is 0.163. The number of benzene rings is 2. The van der Waals surface area contributed by atoms with Crippen molar-refractivity contribution < 1.29 is 23.4 Å². The van der Waals surface area contributed by atoms with Gasteiger partial charge in [-0.1, -0.05) is 18.2 Å². The number of carbonyl (C=O) groups excluding carboxylic acids is 1. The molecule has 0 atom stereocenters. The summed E-state index contributed by atoms with van der Waals surface area (Å²) in [4.78, 5) is 17.6. The summed E-state index contributed by atoms with van der Waals surface area (Å²) in [6.07, 6.45) is 0.748. The largest absolute Gasteiger partial charge is 0.465 e. The zero-order chi connectivity index (χ0) is 20.2. The summed E-state index contributed by atoms with van der Waals surface area (Å²) in [5.74, 6) is -0.685. The molecule has 6 heteroatoms. The fourth-order valence-corrected chi connectivity index (χ4v) is 3.23. The maximum absolute atomic E-state index is 13.4. The number of hydrogen-bond acceptors (Lipinski definition) is 5. The van der Waals surface area contributed by atoms with Gasteiger partial charge in [-0.15, -0.1) is 0 Å². The number of nitrogens with zero attached hydrogens (tertiary/aromatic N) is 1. The number of hydrogen-bond donors (Lipinski definition) is 0. The summed E-state index contributed by atoms with van der Waals surface area (Å²) in [6.45, 7) is 2.90. The van der Waals surface area contributed by atoms with Gasteiger partial charge in [0.1, 0.15) is 11.4 Å². The lowest BCUT2D eigenvalue weighted by molar-refractivity contribution is -0.136. The van der Waals surface area contributed by atoms with Crippen molar-refractivity contribution in [2.75, 3.05) is 19.8 Å². The molecular weight excluding hydrogens is 373 g/mol. The molecule has 0 N–H and O–H groups in total. The number of esters is 1. The second-order valence-corrected chi connectivity index (χ2v) is 6.51. The van der Waals surface area contributed by atoms with Gasteiger partial charge in [0.25, 0.3) is 5.95 Å². The van der Waals surface area contributed by atoms with Crippen molar-refractivity contribution in [1.29, 1.82) is 0 Å². The van der Waals surface area contributed by atoms with E-state index in [2.05, 4.69) is 4.98 Å². The van der Waals surface area contributed by atoms with Crippen LogP contribution in [0.4, 0.5) is 4.39 Å². The average molecular weight is 393 g/mol. The Morgan fingerprint density at radius 2 is 1.83 bits per heavy atom. The maximum atomic E-state index is 13.4. The molecule has 0 unspecified atom stereocenters. The van der Waals surface area contributed by atoms with Crippen LogP contribution in [-0.4, -0.2) is 30.8 Å². The van der Waals surface area contributed by atoms with Crippen LogP contribution >= 0.6 is 0 Å². The number of halogens is 1. The summed E-state index contributed by atoms with van der Waals surface area (Å²) in [5.41, 5.74) is 2.87. The van der Waals surface area contributed by atoms with E-state index in [0.717, 1.165) is 17.4 Å². The highest BCUT2D eigenvalue weighted by atomic mass is 19.1. The van der Waals surface area contributed by atoms with E-state index < -0.39 is 5.97 Å². The third-order valence-corrected chi connectivity index (χ3v) is 4.56. The number of carbonyl (C=O) groups is 1. The van der Waals surface area contributed by atoms with E-state index in [0.29, 0.717) is 30.0 Å². The van der Waals surface area contributed by atoms with Crippen molar-refractivity contribution in [3.63, 3.8) is 0 Å². The summed E-state index contributed by atoms with van der Waals surface area (Å²) >= 11 is 0. The van der Waals surface area contributed by atoms with Crippen molar-refractivity contribution >= 4 is 22.4 Å². The third-order valence-electron chi connectivity index (χ3n) is 4.56. The van der Waals surface area contributed by atoms with Crippen LogP contribution in [0.3, 0.4) is 0 Å². The Morgan fingerprint density at radius 3 is 2.55 bits per heavy atom. The van der Waals surface area contributed by atoms with Gasteiger partial charge in [-0.3, -0.25) is 0 Å². The Kier molecular flexibility index (Phi) is 5.42. The zero-order valence-electron chi connectivity index (χ0n) is 16.0. The molecule has 0 aliphatic carbocycles. The number of pyridine rings is 1. The van der Waals surface area contributed by atoms with Gasteiger partial charge in [0.05, 0.1) is 31.0 Å². The fourth-order valence-electron chi connectivity index (χ4n) is 3.23. The predicted molar refractivity (Wildman–Crippen MR) is 107 cm³/mol. The van der Waals surface area contributed by atoms with E-state index in [4.69, 9.17) is 14.2 Å². The van der Waals surface area contributed by atoms with E-state index in [1.54, 1.807) is 25.1 Å². The molecule has 0 spiro atoms. The molecule has 0 amide bonds. The highest BCUT2D eigenvalue weighted by Crippen LogP contribution is 2.33. The van der Waals surface area contributed by atoms with Crippen LogP contribution in [0.5, 0.6) is 0 Å². The number of fused-ring (bicyclic) bond motifs is 1. The zero-order valence-corrected chi connectivity index (χ0v) is 16.0. The molecule has 2 aromatic carbocycles. The van der Waals surface area contributed by atoms with Gasteiger partial charge in [-0.05, 0) is 43.3 Å². The van der Waals surface area contributed by atoms with Crippen LogP contribution in [0.15, 0.2) is 60.5 Å². The van der Waals surface area contributed by atoms with Gasteiger partial charge in [0.15, 0.2) is 0 Å². The molecule has 29 heavy (non-hydrogen) atoms. The second-order valence-electron chi connectivity index (χ2n) is 6.51. The smallest absolute Gasteiger partial charge is 0.346 e. The van der Waals surface area contributed by atoms with E-state index >= 15 is 0 Å². The lowest BCUT2D eigenvalue weighted by atomic mass is 9.98. The molecule has 1 fully saturated rings. The standard InChI is InChI=1S/C23H20FNO4/c1-2-27-22(26)21(23-28-12-5-13-29-23)18-14-20(15-8-10-16(24)11-9-15)25-19-7-4-3-6-17(18)19/h3-4,6-11,14H,2,5,12-13H2,1H3. The molecule has 3 aromatic rings. The molecule has 5 nitrogen and oxygen atoms in total. The molecule has 4 rings (SSSR count). The average Bonchev–Trinajstić information content (AvgIpc) is 2.75. The topological polar surface area (TPSA) is 57.7 Å². The van der Waals surface area contributed by atoms with Crippen molar-refractivity contribution in [2.45, 2.75) is 13.3 Å². The van der Waals surface area contributed by atoms with Crippen LogP contribution in [-0.2, 0) is 19.0 Å². The van der Waals surface area contributed by atoms with Crippen molar-refractivity contribution in [1.82, 2.24) is 4.98 Å². The molecule has 0 radical (unpaired) electrons. The second kappa shape index (κ2) is 8.31. The van der Waals surface area contributed by atoms with E-state index in [9.17, 15) is 9.18 Å². The number of aromatic nitrogens is 1. The Labute approximate surface area is 167 Å². The van der Waals surface area contributed by atoms with Crippen LogP contribution in [0.2, 0.25) is 0 Å². The molecule has 0 saturated carbocycles. The van der Waals surface area contributed by atoms with E-state index in [-0.39, 0.29) is 23.9 Å². The van der Waals surface area contributed by atoms with Crippen LogP contribution in [0.1, 0.15) is 18.9 Å². The number of ether oxygens (including phenoxy) is 3. The normalized spacial score (nSPS) is 13.5. The van der Waals surface area contributed by atoms with Gasteiger partial charge >= 0.3 is 5.97 Å². The quantitative estimate of drug-likeness (QED) is 0.475. The third kappa shape index (κ3) is 3.92. The summed E-state index contributed by atoms with van der Waals surface area (Å²) in [5, 5.41) is 0.770. The lowest BCUT2D eigenvalue weighted by Gasteiger charge is -2.21. The Hall–Kier alpha value is -3.41. The molecule has 1 aliphatic heterocycles.